The van der Waals surface area contributed by atoms with Crippen LogP contribution in [0.5, 0.6) is 0 Å². The molecule has 0 aliphatic carbocycles. The second-order valence-electron chi connectivity index (χ2n) is 7.75. The summed E-state index contributed by atoms with van der Waals surface area (Å²) in [6.07, 6.45) is 2.03. The zero-order chi connectivity index (χ0) is 20.6. The fourth-order valence-corrected chi connectivity index (χ4v) is 4.39. The third-order valence-electron chi connectivity index (χ3n) is 5.88. The van der Waals surface area contributed by atoms with Gasteiger partial charge >= 0.3 is 0 Å². The Hall–Kier alpha value is -4.17. The highest BCUT2D eigenvalue weighted by Crippen LogP contribution is 2.37. The van der Waals surface area contributed by atoms with E-state index in [1.807, 2.05) is 12.3 Å². The molecule has 0 spiro atoms. The fourth-order valence-electron chi connectivity index (χ4n) is 4.39. The van der Waals surface area contributed by atoms with Crippen LogP contribution in [0.15, 0.2) is 114 Å². The topological polar surface area (TPSA) is 28.1 Å². The zero-order valence-corrected chi connectivity index (χ0v) is 16.9. The van der Waals surface area contributed by atoms with Crippen molar-refractivity contribution >= 4 is 44.3 Å². The van der Waals surface area contributed by atoms with Crippen molar-refractivity contribution < 1.29 is 0 Å². The van der Waals surface area contributed by atoms with Crippen LogP contribution in [0, 0.1) is 0 Å². The van der Waals surface area contributed by atoms with Gasteiger partial charge in [-0.1, -0.05) is 97.1 Å². The lowest BCUT2D eigenvalue weighted by Gasteiger charge is -2.08. The van der Waals surface area contributed by atoms with Crippen LogP contribution < -0.4 is 0 Å². The first-order valence-corrected chi connectivity index (χ1v) is 10.5. The SMILES string of the molecule is C(=Nc1c(-c2ccccc2)[nH]c2ccccc12)c1c2ccccc2cc2ccccc12. The molecule has 0 amide bonds. The predicted octanol–water partition coefficient (Wildman–Crippen LogP) is 7.89. The summed E-state index contributed by atoms with van der Waals surface area (Å²) in [6.45, 7) is 0. The maximum absolute atomic E-state index is 5.08. The van der Waals surface area contributed by atoms with Crippen LogP contribution in [-0.2, 0) is 0 Å². The van der Waals surface area contributed by atoms with E-state index in [0.29, 0.717) is 0 Å². The molecule has 1 aromatic heterocycles. The summed E-state index contributed by atoms with van der Waals surface area (Å²) in [6, 6.07) is 38.1. The van der Waals surface area contributed by atoms with Crippen molar-refractivity contribution in [3.63, 3.8) is 0 Å². The van der Waals surface area contributed by atoms with E-state index >= 15 is 0 Å². The Labute approximate surface area is 180 Å². The minimum absolute atomic E-state index is 0.971. The standard InChI is InChI=1S/C29H20N2/c1-2-10-20(11-3-1)28-29(25-16-8-9-17-27(25)31-28)30-19-26-23-14-6-4-12-21(23)18-22-13-5-7-15-24(22)26/h1-19,31H. The second kappa shape index (κ2) is 7.26. The summed E-state index contributed by atoms with van der Waals surface area (Å²) < 4.78 is 0. The van der Waals surface area contributed by atoms with E-state index in [9.17, 15) is 0 Å². The van der Waals surface area contributed by atoms with Crippen LogP contribution in [0.2, 0.25) is 0 Å². The number of aromatic amines is 1. The number of rotatable bonds is 3. The van der Waals surface area contributed by atoms with Gasteiger partial charge in [-0.25, -0.2) is 0 Å². The van der Waals surface area contributed by atoms with E-state index in [2.05, 4.69) is 108 Å². The predicted molar refractivity (Wildman–Crippen MR) is 132 cm³/mol. The number of hydrogen-bond donors (Lipinski definition) is 1. The summed E-state index contributed by atoms with van der Waals surface area (Å²) in [5.41, 5.74) is 5.39. The number of nitrogens with zero attached hydrogens (tertiary/aromatic N) is 1. The fraction of sp³-hybridized carbons (Fsp3) is 0. The van der Waals surface area contributed by atoms with Crippen LogP contribution in [0.3, 0.4) is 0 Å². The number of hydrogen-bond acceptors (Lipinski definition) is 1. The Morgan fingerprint density at radius 2 is 1.16 bits per heavy atom. The zero-order valence-electron chi connectivity index (χ0n) is 16.9. The first-order valence-electron chi connectivity index (χ1n) is 10.5. The van der Waals surface area contributed by atoms with Crippen molar-refractivity contribution in [1.29, 1.82) is 0 Å². The Morgan fingerprint density at radius 1 is 0.581 bits per heavy atom. The summed E-state index contributed by atoms with van der Waals surface area (Å²) in [5.74, 6) is 0. The van der Waals surface area contributed by atoms with Crippen LogP contribution >= 0.6 is 0 Å². The van der Waals surface area contributed by atoms with Gasteiger partial charge in [0.15, 0.2) is 0 Å². The van der Waals surface area contributed by atoms with E-state index in [1.165, 1.54) is 21.5 Å². The highest BCUT2D eigenvalue weighted by molar-refractivity contribution is 6.14. The Balaban J connectivity index is 1.62. The molecule has 6 aromatic rings. The largest absolute Gasteiger partial charge is 0.353 e. The lowest BCUT2D eigenvalue weighted by Crippen LogP contribution is -1.88. The first kappa shape index (κ1) is 17.7. The molecule has 0 aliphatic heterocycles. The lowest BCUT2D eigenvalue weighted by molar-refractivity contribution is 1.43. The Bertz CT molecular complexity index is 1520. The number of nitrogens with one attached hydrogen (secondary N) is 1. The third-order valence-corrected chi connectivity index (χ3v) is 5.88. The van der Waals surface area contributed by atoms with Crippen molar-refractivity contribution in [2.75, 3.05) is 0 Å². The molecular weight excluding hydrogens is 376 g/mol. The van der Waals surface area contributed by atoms with E-state index in [-0.39, 0.29) is 0 Å². The van der Waals surface area contributed by atoms with Gasteiger partial charge in [-0.3, -0.25) is 4.99 Å². The molecule has 0 radical (unpaired) electrons. The molecule has 0 aliphatic rings. The van der Waals surface area contributed by atoms with Crippen LogP contribution in [0.25, 0.3) is 43.7 Å². The van der Waals surface area contributed by atoms with Crippen LogP contribution in [-0.4, -0.2) is 11.2 Å². The normalized spacial score (nSPS) is 11.7. The van der Waals surface area contributed by atoms with Gasteiger partial charge in [0.25, 0.3) is 0 Å². The number of benzene rings is 5. The van der Waals surface area contributed by atoms with Crippen LogP contribution in [0.4, 0.5) is 5.69 Å². The Morgan fingerprint density at radius 3 is 1.87 bits per heavy atom. The van der Waals surface area contributed by atoms with Gasteiger partial charge in [0.2, 0.25) is 0 Å². The summed E-state index contributed by atoms with van der Waals surface area (Å²) in [5, 5.41) is 6.01. The minimum Gasteiger partial charge on any atom is -0.353 e. The highest BCUT2D eigenvalue weighted by Gasteiger charge is 2.12. The first-order chi connectivity index (χ1) is 15.4. The average molecular weight is 396 g/mol. The van der Waals surface area contributed by atoms with Crippen molar-refractivity contribution in [3.05, 3.63) is 115 Å². The molecule has 1 heterocycles. The number of aromatic nitrogens is 1. The molecule has 0 saturated heterocycles. The van der Waals surface area contributed by atoms with Crippen molar-refractivity contribution in [2.24, 2.45) is 4.99 Å². The van der Waals surface area contributed by atoms with Gasteiger partial charge in [0.05, 0.1) is 11.4 Å². The monoisotopic (exact) mass is 396 g/mol. The van der Waals surface area contributed by atoms with E-state index in [1.54, 1.807) is 0 Å². The smallest absolute Gasteiger partial charge is 0.0963 e. The third kappa shape index (κ3) is 3.01. The van der Waals surface area contributed by atoms with Crippen molar-refractivity contribution in [2.45, 2.75) is 0 Å². The van der Waals surface area contributed by atoms with Gasteiger partial charge in [-0.15, -0.1) is 0 Å². The van der Waals surface area contributed by atoms with Gasteiger partial charge in [-0.05, 0) is 33.7 Å². The lowest BCUT2D eigenvalue weighted by atomic mass is 9.97. The second-order valence-corrected chi connectivity index (χ2v) is 7.75. The quantitative estimate of drug-likeness (QED) is 0.233. The molecule has 31 heavy (non-hydrogen) atoms. The molecule has 2 heteroatoms. The summed E-state index contributed by atoms with van der Waals surface area (Å²) in [7, 11) is 0. The molecule has 0 atom stereocenters. The van der Waals surface area contributed by atoms with Gasteiger partial charge in [-0.2, -0.15) is 0 Å². The minimum atomic E-state index is 0.971. The number of H-pyrrole nitrogens is 1. The molecule has 146 valence electrons. The molecule has 0 unspecified atom stereocenters. The maximum atomic E-state index is 5.08. The summed E-state index contributed by atoms with van der Waals surface area (Å²) >= 11 is 0. The van der Waals surface area contributed by atoms with E-state index in [4.69, 9.17) is 4.99 Å². The molecule has 0 bridgehead atoms. The molecule has 6 rings (SSSR count). The van der Waals surface area contributed by atoms with Gasteiger partial charge < -0.3 is 4.98 Å². The average Bonchev–Trinajstić information content (AvgIpc) is 3.21. The van der Waals surface area contributed by atoms with E-state index in [0.717, 1.165) is 33.4 Å². The van der Waals surface area contributed by atoms with Crippen LogP contribution in [0.1, 0.15) is 5.56 Å². The molecule has 2 nitrogen and oxygen atoms in total. The maximum Gasteiger partial charge on any atom is 0.0963 e. The molecule has 0 saturated carbocycles. The van der Waals surface area contributed by atoms with Crippen molar-refractivity contribution in [1.82, 2.24) is 4.98 Å². The van der Waals surface area contributed by atoms with Crippen molar-refractivity contribution in [3.8, 4) is 11.3 Å². The van der Waals surface area contributed by atoms with Gasteiger partial charge in [0, 0.05) is 28.2 Å². The molecule has 0 fully saturated rings. The molecule has 1 N–H and O–H groups in total. The summed E-state index contributed by atoms with van der Waals surface area (Å²) in [4.78, 5) is 8.66. The highest BCUT2D eigenvalue weighted by atomic mass is 14.8. The van der Waals surface area contributed by atoms with Gasteiger partial charge in [0.1, 0.15) is 0 Å². The molecule has 5 aromatic carbocycles. The number of fused-ring (bicyclic) bond motifs is 3. The van der Waals surface area contributed by atoms with E-state index < -0.39 is 0 Å². The molecular formula is C29H20N2. The number of para-hydroxylation sites is 1. The Kier molecular flexibility index (Phi) is 4.14. The number of aliphatic imine (C=N–C) groups is 1.